The van der Waals surface area contributed by atoms with E-state index < -0.39 is 10.0 Å². The number of amides is 2. The number of aryl methyl sites for hydroxylation is 1. The Morgan fingerprint density at radius 1 is 0.957 bits per heavy atom. The van der Waals surface area contributed by atoms with Crippen LogP contribution in [0, 0.1) is 6.92 Å². The third-order valence-corrected chi connectivity index (χ3v) is 4.14. The lowest BCUT2D eigenvalue weighted by Crippen LogP contribution is -2.30. The first kappa shape index (κ1) is 15.2. The van der Waals surface area contributed by atoms with Crippen molar-refractivity contribution in [3.8, 4) is 0 Å². The highest BCUT2D eigenvalue weighted by molar-refractivity contribution is 7.92. The van der Waals surface area contributed by atoms with Crippen LogP contribution in [0.15, 0.2) is 42.5 Å². The molecule has 2 aromatic rings. The number of anilines is 2. The fourth-order valence-electron chi connectivity index (χ4n) is 2.59. The molecule has 2 amide bonds. The van der Waals surface area contributed by atoms with E-state index in [0.29, 0.717) is 28.1 Å². The molecule has 1 aliphatic heterocycles. The lowest BCUT2D eigenvalue weighted by Gasteiger charge is -2.17. The van der Waals surface area contributed by atoms with Gasteiger partial charge in [0.2, 0.25) is 10.0 Å². The van der Waals surface area contributed by atoms with Gasteiger partial charge in [-0.3, -0.25) is 14.3 Å². The molecule has 7 heteroatoms. The Bertz CT molecular complexity index is 900. The van der Waals surface area contributed by atoms with Gasteiger partial charge in [0.1, 0.15) is 0 Å². The monoisotopic (exact) mass is 330 g/mol. The van der Waals surface area contributed by atoms with Crippen LogP contribution in [0.5, 0.6) is 0 Å². The maximum atomic E-state index is 12.5. The highest BCUT2D eigenvalue weighted by Crippen LogP contribution is 2.31. The number of hydrogen-bond donors (Lipinski definition) is 1. The third-order valence-electron chi connectivity index (χ3n) is 3.54. The average molecular weight is 330 g/mol. The van der Waals surface area contributed by atoms with Crippen molar-refractivity contribution in [1.29, 1.82) is 0 Å². The molecule has 0 aliphatic carbocycles. The van der Waals surface area contributed by atoms with Gasteiger partial charge in [0, 0.05) is 5.69 Å². The van der Waals surface area contributed by atoms with E-state index >= 15 is 0 Å². The standard InChI is InChI=1S/C16H14N2O4S/c1-10-9-11(17-23(2,21)22)7-8-14(10)18-15(19)12-5-3-4-6-13(12)16(18)20/h3-9,17H,1-2H3. The first-order chi connectivity index (χ1) is 10.8. The Hall–Kier alpha value is -2.67. The van der Waals surface area contributed by atoms with Crippen LogP contribution in [0.3, 0.4) is 0 Å². The van der Waals surface area contributed by atoms with E-state index in [1.54, 1.807) is 43.3 Å². The van der Waals surface area contributed by atoms with Gasteiger partial charge < -0.3 is 0 Å². The van der Waals surface area contributed by atoms with Gasteiger partial charge in [-0.05, 0) is 42.8 Å². The minimum Gasteiger partial charge on any atom is -0.284 e. The molecule has 0 radical (unpaired) electrons. The Morgan fingerprint density at radius 3 is 2.00 bits per heavy atom. The largest absolute Gasteiger partial charge is 0.284 e. The number of benzene rings is 2. The summed E-state index contributed by atoms with van der Waals surface area (Å²) in [6, 6.07) is 11.3. The van der Waals surface area contributed by atoms with Gasteiger partial charge in [-0.15, -0.1) is 0 Å². The van der Waals surface area contributed by atoms with Crippen molar-refractivity contribution in [2.75, 3.05) is 15.9 Å². The molecule has 0 atom stereocenters. The molecule has 0 aromatic heterocycles. The van der Waals surface area contributed by atoms with Gasteiger partial charge in [-0.2, -0.15) is 0 Å². The van der Waals surface area contributed by atoms with Gasteiger partial charge >= 0.3 is 0 Å². The normalized spacial score (nSPS) is 14.1. The Balaban J connectivity index is 2.01. The zero-order valence-corrected chi connectivity index (χ0v) is 13.3. The number of rotatable bonds is 3. The minimum atomic E-state index is -3.39. The van der Waals surface area contributed by atoms with Crippen molar-refractivity contribution < 1.29 is 18.0 Å². The van der Waals surface area contributed by atoms with Crippen LogP contribution >= 0.6 is 0 Å². The zero-order chi connectivity index (χ0) is 16.8. The van der Waals surface area contributed by atoms with Gasteiger partial charge in [0.15, 0.2) is 0 Å². The molecule has 0 saturated carbocycles. The quantitative estimate of drug-likeness (QED) is 0.874. The van der Waals surface area contributed by atoms with E-state index in [2.05, 4.69) is 4.72 Å². The molecule has 0 unspecified atom stereocenters. The van der Waals surface area contributed by atoms with Crippen LogP contribution in [0.4, 0.5) is 11.4 Å². The van der Waals surface area contributed by atoms with Crippen LogP contribution in [0.2, 0.25) is 0 Å². The van der Waals surface area contributed by atoms with Crippen LogP contribution in [-0.2, 0) is 10.0 Å². The number of imide groups is 1. The van der Waals surface area contributed by atoms with Crippen LogP contribution in [0.1, 0.15) is 26.3 Å². The van der Waals surface area contributed by atoms with Gasteiger partial charge in [0.05, 0.1) is 23.1 Å². The third kappa shape index (κ3) is 2.70. The Morgan fingerprint density at radius 2 is 1.52 bits per heavy atom. The maximum absolute atomic E-state index is 12.5. The van der Waals surface area contributed by atoms with E-state index in [-0.39, 0.29) is 11.8 Å². The molecule has 6 nitrogen and oxygen atoms in total. The number of nitrogens with zero attached hydrogens (tertiary/aromatic N) is 1. The Labute approximate surface area is 133 Å². The summed E-state index contributed by atoms with van der Waals surface area (Å²) < 4.78 is 24.9. The molecule has 0 saturated heterocycles. The average Bonchev–Trinajstić information content (AvgIpc) is 2.71. The van der Waals surface area contributed by atoms with E-state index in [9.17, 15) is 18.0 Å². The summed E-state index contributed by atoms with van der Waals surface area (Å²) in [5, 5.41) is 0. The van der Waals surface area contributed by atoms with E-state index in [0.717, 1.165) is 11.2 Å². The molecule has 1 heterocycles. The number of sulfonamides is 1. The summed E-state index contributed by atoms with van der Waals surface area (Å²) in [5.41, 5.74) is 2.18. The topological polar surface area (TPSA) is 83.6 Å². The van der Waals surface area contributed by atoms with Crippen molar-refractivity contribution in [3.63, 3.8) is 0 Å². The molecule has 0 bridgehead atoms. The predicted octanol–water partition coefficient (Wildman–Crippen LogP) is 2.17. The second kappa shape index (κ2) is 5.20. The molecule has 2 aromatic carbocycles. The molecule has 3 rings (SSSR count). The van der Waals surface area contributed by atoms with Gasteiger partial charge in [-0.1, -0.05) is 12.1 Å². The SMILES string of the molecule is Cc1cc(NS(C)(=O)=O)ccc1N1C(=O)c2ccccc2C1=O. The van der Waals surface area contributed by atoms with Gasteiger partial charge in [0.25, 0.3) is 11.8 Å². The molecule has 0 spiro atoms. The fourth-order valence-corrected chi connectivity index (χ4v) is 3.15. The minimum absolute atomic E-state index is 0.371. The van der Waals surface area contributed by atoms with E-state index in [1.165, 1.54) is 6.07 Å². The number of fused-ring (bicyclic) bond motifs is 1. The first-order valence-electron chi connectivity index (χ1n) is 6.84. The molecular weight excluding hydrogens is 316 g/mol. The van der Waals surface area contributed by atoms with Crippen LogP contribution < -0.4 is 9.62 Å². The molecular formula is C16H14N2O4S. The van der Waals surface area contributed by atoms with Crippen LogP contribution in [0.25, 0.3) is 0 Å². The molecule has 1 N–H and O–H groups in total. The fraction of sp³-hybridized carbons (Fsp3) is 0.125. The predicted molar refractivity (Wildman–Crippen MR) is 87.2 cm³/mol. The lowest BCUT2D eigenvalue weighted by atomic mass is 10.1. The number of nitrogens with one attached hydrogen (secondary N) is 1. The number of hydrogen-bond acceptors (Lipinski definition) is 4. The lowest BCUT2D eigenvalue weighted by molar-refractivity contribution is 0.0926. The summed E-state index contributed by atoms with van der Waals surface area (Å²) in [7, 11) is -3.39. The Kier molecular flexibility index (Phi) is 3.45. The number of carbonyl (C=O) groups is 2. The van der Waals surface area contributed by atoms with Crippen molar-refractivity contribution in [2.45, 2.75) is 6.92 Å². The van der Waals surface area contributed by atoms with Crippen molar-refractivity contribution in [2.24, 2.45) is 0 Å². The highest BCUT2D eigenvalue weighted by atomic mass is 32.2. The van der Waals surface area contributed by atoms with Crippen molar-refractivity contribution in [1.82, 2.24) is 0 Å². The van der Waals surface area contributed by atoms with E-state index in [4.69, 9.17) is 0 Å². The van der Waals surface area contributed by atoms with Crippen molar-refractivity contribution >= 4 is 33.2 Å². The zero-order valence-electron chi connectivity index (χ0n) is 12.5. The second-order valence-corrected chi connectivity index (χ2v) is 7.12. The van der Waals surface area contributed by atoms with E-state index in [1.807, 2.05) is 0 Å². The first-order valence-corrected chi connectivity index (χ1v) is 8.73. The number of carbonyl (C=O) groups excluding carboxylic acids is 2. The summed E-state index contributed by atoms with van der Waals surface area (Å²) in [6.45, 7) is 1.71. The highest BCUT2D eigenvalue weighted by Gasteiger charge is 2.36. The van der Waals surface area contributed by atoms with Gasteiger partial charge in [-0.25, -0.2) is 13.3 Å². The van der Waals surface area contributed by atoms with Crippen LogP contribution in [-0.4, -0.2) is 26.5 Å². The molecule has 118 valence electrons. The maximum Gasteiger partial charge on any atom is 0.266 e. The second-order valence-electron chi connectivity index (χ2n) is 5.37. The molecule has 0 fully saturated rings. The summed E-state index contributed by atoms with van der Waals surface area (Å²) >= 11 is 0. The van der Waals surface area contributed by atoms with Crippen molar-refractivity contribution in [3.05, 3.63) is 59.2 Å². The molecule has 23 heavy (non-hydrogen) atoms. The summed E-state index contributed by atoms with van der Waals surface area (Å²) in [4.78, 5) is 26.0. The molecule has 1 aliphatic rings. The smallest absolute Gasteiger partial charge is 0.266 e. The summed E-state index contributed by atoms with van der Waals surface area (Å²) in [5.74, 6) is -0.755. The summed E-state index contributed by atoms with van der Waals surface area (Å²) in [6.07, 6.45) is 1.06.